The molecule has 14 heavy (non-hydrogen) atoms. The monoisotopic (exact) mass is 195 g/mol. The van der Waals surface area contributed by atoms with Crippen molar-refractivity contribution in [2.24, 2.45) is 0 Å². The Morgan fingerprint density at radius 3 is 3.00 bits per heavy atom. The van der Waals surface area contributed by atoms with Gasteiger partial charge in [-0.05, 0) is 13.8 Å². The minimum atomic E-state index is 0.394. The van der Waals surface area contributed by atoms with Crippen molar-refractivity contribution in [2.45, 2.75) is 32.6 Å². The Bertz CT molecular complexity index is 291. The largest absolute Gasteiger partial charge is 0.369 e. The van der Waals surface area contributed by atoms with E-state index in [1.165, 1.54) is 0 Å². The fraction of sp³-hybridized carbons (Fsp3) is 0.700. The van der Waals surface area contributed by atoms with Gasteiger partial charge in [0.1, 0.15) is 0 Å². The van der Waals surface area contributed by atoms with E-state index in [0.717, 1.165) is 18.8 Å². The molecule has 0 unspecified atom stereocenters. The Hall–Kier alpha value is -0.870. The number of nitrogens with zero attached hydrogens (tertiary/aromatic N) is 2. The standard InChI is InChI=1S/C10H17N3O/c1-8(2)13-7-12-3-9(13)6-14-10-4-11-5-10/h3,7-8,10-11H,4-6H2,1-2H3. The second kappa shape index (κ2) is 4.11. The molecular formula is C10H17N3O. The van der Waals surface area contributed by atoms with Gasteiger partial charge in [-0.3, -0.25) is 0 Å². The first kappa shape index (κ1) is 9.68. The number of imidazole rings is 1. The molecule has 1 aromatic heterocycles. The van der Waals surface area contributed by atoms with Crippen molar-refractivity contribution in [1.82, 2.24) is 14.9 Å². The van der Waals surface area contributed by atoms with Gasteiger partial charge in [-0.1, -0.05) is 0 Å². The SMILES string of the molecule is CC(C)n1cncc1COC1CNC1. The summed E-state index contributed by atoms with van der Waals surface area (Å²) in [6, 6.07) is 0.454. The highest BCUT2D eigenvalue weighted by Crippen LogP contribution is 2.11. The van der Waals surface area contributed by atoms with Gasteiger partial charge in [0, 0.05) is 19.1 Å². The summed E-state index contributed by atoms with van der Waals surface area (Å²) >= 11 is 0. The van der Waals surface area contributed by atoms with Crippen molar-refractivity contribution >= 4 is 0 Å². The topological polar surface area (TPSA) is 39.1 Å². The van der Waals surface area contributed by atoms with Gasteiger partial charge in [-0.2, -0.15) is 0 Å². The van der Waals surface area contributed by atoms with Crippen LogP contribution in [0.3, 0.4) is 0 Å². The van der Waals surface area contributed by atoms with E-state index in [-0.39, 0.29) is 0 Å². The van der Waals surface area contributed by atoms with Gasteiger partial charge >= 0.3 is 0 Å². The van der Waals surface area contributed by atoms with Crippen LogP contribution in [0, 0.1) is 0 Å². The van der Waals surface area contributed by atoms with Crippen LogP contribution in [0.2, 0.25) is 0 Å². The molecule has 0 bridgehead atoms. The third-order valence-electron chi connectivity index (χ3n) is 2.51. The Labute approximate surface area is 84.3 Å². The number of aromatic nitrogens is 2. The highest BCUT2D eigenvalue weighted by molar-refractivity contribution is 4.98. The first-order valence-corrected chi connectivity index (χ1v) is 5.10. The smallest absolute Gasteiger partial charge is 0.0951 e. The molecule has 0 amide bonds. The van der Waals surface area contributed by atoms with Crippen LogP contribution in [-0.2, 0) is 11.3 Å². The Morgan fingerprint density at radius 1 is 1.64 bits per heavy atom. The van der Waals surface area contributed by atoms with Gasteiger partial charge in [0.25, 0.3) is 0 Å². The van der Waals surface area contributed by atoms with E-state index in [0.29, 0.717) is 18.8 Å². The minimum absolute atomic E-state index is 0.394. The normalized spacial score (nSPS) is 17.4. The van der Waals surface area contributed by atoms with E-state index in [9.17, 15) is 0 Å². The van der Waals surface area contributed by atoms with Crippen LogP contribution in [0.1, 0.15) is 25.6 Å². The maximum atomic E-state index is 5.69. The summed E-state index contributed by atoms with van der Waals surface area (Å²) in [6.07, 6.45) is 4.14. The van der Waals surface area contributed by atoms with Crippen LogP contribution < -0.4 is 5.32 Å². The van der Waals surface area contributed by atoms with Gasteiger partial charge in [0.05, 0.1) is 30.9 Å². The average Bonchev–Trinajstić information content (AvgIpc) is 2.49. The molecule has 2 rings (SSSR count). The zero-order chi connectivity index (χ0) is 9.97. The van der Waals surface area contributed by atoms with E-state index in [1.54, 1.807) is 0 Å². The van der Waals surface area contributed by atoms with Crippen LogP contribution in [0.25, 0.3) is 0 Å². The third kappa shape index (κ3) is 1.96. The molecule has 1 fully saturated rings. The first-order chi connectivity index (χ1) is 6.77. The fourth-order valence-corrected chi connectivity index (χ4v) is 1.49. The lowest BCUT2D eigenvalue weighted by atomic mass is 10.2. The average molecular weight is 195 g/mol. The maximum Gasteiger partial charge on any atom is 0.0951 e. The number of rotatable bonds is 4. The second-order valence-electron chi connectivity index (χ2n) is 3.98. The van der Waals surface area contributed by atoms with Gasteiger partial charge in [-0.15, -0.1) is 0 Å². The summed E-state index contributed by atoms with van der Waals surface area (Å²) in [5, 5.41) is 3.18. The summed E-state index contributed by atoms with van der Waals surface area (Å²) in [5.41, 5.74) is 1.16. The minimum Gasteiger partial charge on any atom is -0.369 e. The molecule has 0 aromatic carbocycles. The molecule has 1 aliphatic rings. The summed E-state index contributed by atoms with van der Waals surface area (Å²) in [4.78, 5) is 4.13. The Kier molecular flexibility index (Phi) is 2.84. The molecule has 0 radical (unpaired) electrons. The van der Waals surface area contributed by atoms with Crippen LogP contribution >= 0.6 is 0 Å². The van der Waals surface area contributed by atoms with E-state index in [2.05, 4.69) is 28.7 Å². The molecular weight excluding hydrogens is 178 g/mol. The Balaban J connectivity index is 1.90. The maximum absolute atomic E-state index is 5.69. The number of ether oxygens (including phenoxy) is 1. The molecule has 0 atom stereocenters. The van der Waals surface area contributed by atoms with Crippen molar-refractivity contribution in [1.29, 1.82) is 0 Å². The molecule has 1 N–H and O–H groups in total. The van der Waals surface area contributed by atoms with E-state index in [4.69, 9.17) is 4.74 Å². The molecule has 4 heteroatoms. The highest BCUT2D eigenvalue weighted by Gasteiger charge is 2.17. The van der Waals surface area contributed by atoms with Crippen molar-refractivity contribution < 1.29 is 4.74 Å². The lowest BCUT2D eigenvalue weighted by Crippen LogP contribution is -2.48. The van der Waals surface area contributed by atoms with Crippen LogP contribution in [-0.4, -0.2) is 28.7 Å². The molecule has 0 aliphatic carbocycles. The Morgan fingerprint density at radius 2 is 2.43 bits per heavy atom. The van der Waals surface area contributed by atoms with E-state index < -0.39 is 0 Å². The van der Waals surface area contributed by atoms with Gasteiger partial charge < -0.3 is 14.6 Å². The molecule has 0 saturated carbocycles. The fourth-order valence-electron chi connectivity index (χ4n) is 1.49. The summed E-state index contributed by atoms with van der Waals surface area (Å²) in [7, 11) is 0. The van der Waals surface area contributed by atoms with Crippen LogP contribution in [0.5, 0.6) is 0 Å². The predicted molar refractivity (Wildman–Crippen MR) is 54.1 cm³/mol. The molecule has 1 aliphatic heterocycles. The molecule has 4 nitrogen and oxygen atoms in total. The lowest BCUT2D eigenvalue weighted by Gasteiger charge is -2.27. The van der Waals surface area contributed by atoms with E-state index in [1.807, 2.05) is 12.5 Å². The number of hydrogen-bond donors (Lipinski definition) is 1. The third-order valence-corrected chi connectivity index (χ3v) is 2.51. The van der Waals surface area contributed by atoms with Gasteiger partial charge in [-0.25, -0.2) is 4.98 Å². The van der Waals surface area contributed by atoms with Crippen LogP contribution in [0.4, 0.5) is 0 Å². The second-order valence-corrected chi connectivity index (χ2v) is 3.98. The first-order valence-electron chi connectivity index (χ1n) is 5.10. The van der Waals surface area contributed by atoms with Crippen molar-refractivity contribution in [3.05, 3.63) is 18.2 Å². The molecule has 0 spiro atoms. The number of nitrogens with one attached hydrogen (secondary N) is 1. The zero-order valence-electron chi connectivity index (χ0n) is 8.73. The number of hydrogen-bond acceptors (Lipinski definition) is 3. The predicted octanol–water partition coefficient (Wildman–Crippen LogP) is 0.952. The zero-order valence-corrected chi connectivity index (χ0v) is 8.73. The molecule has 78 valence electrons. The van der Waals surface area contributed by atoms with E-state index >= 15 is 0 Å². The quantitative estimate of drug-likeness (QED) is 0.777. The van der Waals surface area contributed by atoms with Crippen LogP contribution in [0.15, 0.2) is 12.5 Å². The summed E-state index contributed by atoms with van der Waals surface area (Å²) in [6.45, 7) is 6.93. The lowest BCUT2D eigenvalue weighted by molar-refractivity contribution is 0.00451. The molecule has 1 aromatic rings. The van der Waals surface area contributed by atoms with Gasteiger partial charge in [0.2, 0.25) is 0 Å². The molecule has 1 saturated heterocycles. The van der Waals surface area contributed by atoms with Crippen molar-refractivity contribution in [2.75, 3.05) is 13.1 Å². The van der Waals surface area contributed by atoms with Gasteiger partial charge in [0.15, 0.2) is 0 Å². The van der Waals surface area contributed by atoms with Crippen molar-refractivity contribution in [3.8, 4) is 0 Å². The summed E-state index contributed by atoms with van der Waals surface area (Å²) < 4.78 is 7.83. The molecule has 2 heterocycles. The van der Waals surface area contributed by atoms with Crippen molar-refractivity contribution in [3.63, 3.8) is 0 Å². The summed E-state index contributed by atoms with van der Waals surface area (Å²) in [5.74, 6) is 0. The highest BCUT2D eigenvalue weighted by atomic mass is 16.5.